The Morgan fingerprint density at radius 3 is 2.62 bits per heavy atom. The van der Waals surface area contributed by atoms with Gasteiger partial charge in [0.2, 0.25) is 0 Å². The Labute approximate surface area is 94.6 Å². The van der Waals surface area contributed by atoms with Gasteiger partial charge in [-0.05, 0) is 35.7 Å². The Balaban J connectivity index is 3.17. The number of nitrogens with two attached hydrogens (primary N) is 1. The maximum Gasteiger partial charge on any atom is 0.309 e. The number of carbonyl (C=O) groups is 1. The van der Waals surface area contributed by atoms with E-state index in [1.165, 1.54) is 7.11 Å². The lowest BCUT2D eigenvalue weighted by molar-refractivity contribution is -0.139. The van der Waals surface area contributed by atoms with Crippen LogP contribution >= 0.6 is 0 Å². The molecule has 0 aliphatic heterocycles. The van der Waals surface area contributed by atoms with E-state index in [9.17, 15) is 4.79 Å². The molecule has 0 bridgehead atoms. The third-order valence-electron chi connectivity index (χ3n) is 2.53. The minimum absolute atomic E-state index is 0.171. The summed E-state index contributed by atoms with van der Waals surface area (Å²) < 4.78 is 4.60. The first kappa shape index (κ1) is 12.2. The summed E-state index contributed by atoms with van der Waals surface area (Å²) in [6.07, 6.45) is 0.171. The molecule has 0 fully saturated rings. The molecule has 1 rings (SSSR count). The standard InChI is InChI=1S/C12H14N2O2/c1-8-10(5-12(15)16-2)3-9(6-13)4-11(8)7-14/h3-4H,5,7,14H2,1-2H3. The van der Waals surface area contributed by atoms with Gasteiger partial charge in [-0.3, -0.25) is 4.79 Å². The quantitative estimate of drug-likeness (QED) is 0.769. The van der Waals surface area contributed by atoms with Crippen molar-refractivity contribution >= 4 is 5.97 Å². The van der Waals surface area contributed by atoms with Gasteiger partial charge in [0.1, 0.15) is 0 Å². The first-order valence-electron chi connectivity index (χ1n) is 4.91. The van der Waals surface area contributed by atoms with Crippen LogP contribution in [0, 0.1) is 18.3 Å². The average Bonchev–Trinajstić information content (AvgIpc) is 2.31. The molecule has 1 aromatic rings. The van der Waals surface area contributed by atoms with Crippen LogP contribution in [-0.2, 0) is 22.5 Å². The predicted octanol–water partition coefficient (Wildman–Crippen LogP) is 1.04. The van der Waals surface area contributed by atoms with Crippen molar-refractivity contribution in [3.8, 4) is 6.07 Å². The summed E-state index contributed by atoms with van der Waals surface area (Å²) in [6, 6.07) is 5.50. The van der Waals surface area contributed by atoms with Crippen LogP contribution in [0.4, 0.5) is 0 Å². The highest BCUT2D eigenvalue weighted by molar-refractivity contribution is 5.73. The lowest BCUT2D eigenvalue weighted by Gasteiger charge is -2.10. The summed E-state index contributed by atoms with van der Waals surface area (Å²) in [5.41, 5.74) is 8.73. The molecule has 0 aliphatic carbocycles. The van der Waals surface area contributed by atoms with Gasteiger partial charge in [0, 0.05) is 6.54 Å². The van der Waals surface area contributed by atoms with Crippen LogP contribution in [0.25, 0.3) is 0 Å². The normalized spacial score (nSPS) is 9.62. The van der Waals surface area contributed by atoms with Crippen molar-refractivity contribution in [2.24, 2.45) is 5.73 Å². The number of nitriles is 1. The van der Waals surface area contributed by atoms with Gasteiger partial charge in [0.15, 0.2) is 0 Å². The molecular formula is C12H14N2O2. The van der Waals surface area contributed by atoms with Crippen LogP contribution in [-0.4, -0.2) is 13.1 Å². The summed E-state index contributed by atoms with van der Waals surface area (Å²) in [5.74, 6) is -0.318. The van der Waals surface area contributed by atoms with Crippen molar-refractivity contribution in [3.63, 3.8) is 0 Å². The topological polar surface area (TPSA) is 76.1 Å². The molecule has 0 unspecified atom stereocenters. The highest BCUT2D eigenvalue weighted by atomic mass is 16.5. The Morgan fingerprint density at radius 2 is 2.12 bits per heavy atom. The Hall–Kier alpha value is -1.86. The molecule has 0 aliphatic rings. The minimum atomic E-state index is -0.318. The van der Waals surface area contributed by atoms with E-state index in [0.29, 0.717) is 12.1 Å². The van der Waals surface area contributed by atoms with Gasteiger partial charge in [0.05, 0.1) is 25.2 Å². The Kier molecular flexibility index (Phi) is 4.03. The van der Waals surface area contributed by atoms with Crippen LogP contribution in [0.2, 0.25) is 0 Å². The molecule has 84 valence electrons. The second kappa shape index (κ2) is 5.29. The van der Waals surface area contributed by atoms with Crippen molar-refractivity contribution < 1.29 is 9.53 Å². The largest absolute Gasteiger partial charge is 0.469 e. The molecule has 4 nitrogen and oxygen atoms in total. The molecular weight excluding hydrogens is 204 g/mol. The van der Waals surface area contributed by atoms with E-state index in [1.54, 1.807) is 12.1 Å². The number of rotatable bonds is 3. The number of methoxy groups -OCH3 is 1. The zero-order valence-electron chi connectivity index (χ0n) is 9.41. The molecule has 0 radical (unpaired) electrons. The van der Waals surface area contributed by atoms with Crippen LogP contribution < -0.4 is 5.73 Å². The summed E-state index contributed by atoms with van der Waals surface area (Å²) in [6.45, 7) is 2.25. The van der Waals surface area contributed by atoms with Gasteiger partial charge >= 0.3 is 5.97 Å². The van der Waals surface area contributed by atoms with Crippen molar-refractivity contribution in [1.29, 1.82) is 5.26 Å². The molecule has 0 saturated carbocycles. The fourth-order valence-electron chi connectivity index (χ4n) is 1.53. The zero-order valence-corrected chi connectivity index (χ0v) is 9.41. The summed E-state index contributed by atoms with van der Waals surface area (Å²) in [4.78, 5) is 11.2. The molecule has 0 atom stereocenters. The molecule has 0 amide bonds. The third kappa shape index (κ3) is 2.59. The maximum atomic E-state index is 11.2. The van der Waals surface area contributed by atoms with Crippen molar-refractivity contribution in [2.45, 2.75) is 19.9 Å². The molecule has 0 saturated heterocycles. The number of carbonyl (C=O) groups excluding carboxylic acids is 1. The smallest absolute Gasteiger partial charge is 0.309 e. The van der Waals surface area contributed by atoms with Crippen LogP contribution in [0.5, 0.6) is 0 Å². The number of ether oxygens (including phenoxy) is 1. The first-order valence-corrected chi connectivity index (χ1v) is 4.91. The van der Waals surface area contributed by atoms with E-state index < -0.39 is 0 Å². The molecule has 0 aromatic heterocycles. The van der Waals surface area contributed by atoms with Gasteiger partial charge in [-0.2, -0.15) is 5.26 Å². The Morgan fingerprint density at radius 1 is 1.50 bits per heavy atom. The van der Waals surface area contributed by atoms with E-state index in [-0.39, 0.29) is 12.4 Å². The van der Waals surface area contributed by atoms with Crippen molar-refractivity contribution in [3.05, 3.63) is 34.4 Å². The van der Waals surface area contributed by atoms with Gasteiger partial charge in [-0.15, -0.1) is 0 Å². The second-order valence-electron chi connectivity index (χ2n) is 3.49. The molecule has 1 aromatic carbocycles. The van der Waals surface area contributed by atoms with E-state index in [1.807, 2.05) is 6.92 Å². The van der Waals surface area contributed by atoms with Crippen molar-refractivity contribution in [2.75, 3.05) is 7.11 Å². The molecule has 4 heteroatoms. The fraction of sp³-hybridized carbons (Fsp3) is 0.333. The molecule has 0 heterocycles. The first-order chi connectivity index (χ1) is 7.62. The highest BCUT2D eigenvalue weighted by Crippen LogP contribution is 2.17. The monoisotopic (exact) mass is 218 g/mol. The van der Waals surface area contributed by atoms with E-state index >= 15 is 0 Å². The number of benzene rings is 1. The highest BCUT2D eigenvalue weighted by Gasteiger charge is 2.10. The molecule has 0 spiro atoms. The number of nitrogens with zero attached hydrogens (tertiary/aromatic N) is 1. The van der Waals surface area contributed by atoms with E-state index in [0.717, 1.165) is 16.7 Å². The van der Waals surface area contributed by atoms with Gasteiger partial charge in [-0.1, -0.05) is 0 Å². The zero-order chi connectivity index (χ0) is 12.1. The lowest BCUT2D eigenvalue weighted by Crippen LogP contribution is -2.09. The van der Waals surface area contributed by atoms with E-state index in [4.69, 9.17) is 11.0 Å². The molecule has 2 N–H and O–H groups in total. The van der Waals surface area contributed by atoms with Gasteiger partial charge < -0.3 is 10.5 Å². The Bertz CT molecular complexity index is 447. The van der Waals surface area contributed by atoms with Crippen LogP contribution in [0.3, 0.4) is 0 Å². The fourth-order valence-corrected chi connectivity index (χ4v) is 1.53. The summed E-state index contributed by atoms with van der Waals surface area (Å²) in [7, 11) is 1.34. The molecule has 16 heavy (non-hydrogen) atoms. The van der Waals surface area contributed by atoms with Crippen molar-refractivity contribution in [1.82, 2.24) is 0 Å². The van der Waals surface area contributed by atoms with Crippen LogP contribution in [0.1, 0.15) is 22.3 Å². The van der Waals surface area contributed by atoms with E-state index in [2.05, 4.69) is 10.8 Å². The maximum absolute atomic E-state index is 11.2. The average molecular weight is 218 g/mol. The lowest BCUT2D eigenvalue weighted by atomic mass is 9.97. The number of hydrogen-bond donors (Lipinski definition) is 1. The summed E-state index contributed by atoms with van der Waals surface area (Å²) >= 11 is 0. The third-order valence-corrected chi connectivity index (χ3v) is 2.53. The number of esters is 1. The summed E-state index contributed by atoms with van der Waals surface area (Å²) in [5, 5.41) is 8.86. The van der Waals surface area contributed by atoms with Crippen LogP contribution in [0.15, 0.2) is 12.1 Å². The predicted molar refractivity (Wildman–Crippen MR) is 59.5 cm³/mol. The second-order valence-corrected chi connectivity index (χ2v) is 3.49. The SMILES string of the molecule is COC(=O)Cc1cc(C#N)cc(CN)c1C. The number of hydrogen-bond acceptors (Lipinski definition) is 4. The van der Waals surface area contributed by atoms with Gasteiger partial charge in [-0.25, -0.2) is 0 Å². The minimum Gasteiger partial charge on any atom is -0.469 e. The van der Waals surface area contributed by atoms with Gasteiger partial charge in [0.25, 0.3) is 0 Å².